The number of para-hydroxylation sites is 1. The zero-order chi connectivity index (χ0) is 28.7. The number of aryl methyl sites for hydroxylation is 1. The Labute approximate surface area is 239 Å². The van der Waals surface area contributed by atoms with Gasteiger partial charge < -0.3 is 10.5 Å². The molecule has 1 saturated heterocycles. The molecule has 1 aromatic heterocycles. The van der Waals surface area contributed by atoms with Crippen molar-refractivity contribution in [2.45, 2.75) is 76.4 Å². The highest BCUT2D eigenvalue weighted by molar-refractivity contribution is 6.00. The van der Waals surface area contributed by atoms with Gasteiger partial charge in [0.05, 0.1) is 11.0 Å². The van der Waals surface area contributed by atoms with E-state index < -0.39 is 18.0 Å². The predicted octanol–water partition coefficient (Wildman–Crippen LogP) is 4.15. The molecule has 2 heterocycles. The number of carbonyl (C=O) groups excluding carboxylic acids is 3. The zero-order valence-electron chi connectivity index (χ0n) is 23.5. The number of benzene rings is 2. The van der Waals surface area contributed by atoms with Crippen molar-refractivity contribution < 1.29 is 19.1 Å². The van der Waals surface area contributed by atoms with Gasteiger partial charge in [0, 0.05) is 19.9 Å². The van der Waals surface area contributed by atoms with E-state index in [0.717, 1.165) is 67.1 Å². The molecule has 3 aromatic rings. The number of nitrogens with one attached hydrogen (secondary N) is 1. The van der Waals surface area contributed by atoms with E-state index in [0.29, 0.717) is 30.1 Å². The van der Waals surface area contributed by atoms with Crippen LogP contribution in [0.1, 0.15) is 68.5 Å². The van der Waals surface area contributed by atoms with Crippen molar-refractivity contribution in [2.75, 3.05) is 0 Å². The van der Waals surface area contributed by atoms with Crippen molar-refractivity contribution in [3.8, 4) is 0 Å². The molecule has 3 fully saturated rings. The van der Waals surface area contributed by atoms with Crippen LogP contribution in [0.3, 0.4) is 0 Å². The van der Waals surface area contributed by atoms with Gasteiger partial charge >= 0.3 is 11.8 Å². The molecule has 3 amide bonds. The molecule has 6 rings (SSSR count). The summed E-state index contributed by atoms with van der Waals surface area (Å²) in [6.45, 7) is 0. The van der Waals surface area contributed by atoms with Gasteiger partial charge in [0.1, 0.15) is 12.1 Å². The molecular formula is C32H38N4O5. The fourth-order valence-electron chi connectivity index (χ4n) is 7.87. The summed E-state index contributed by atoms with van der Waals surface area (Å²) in [7, 11) is 1.76. The molecule has 2 saturated carbocycles. The molecule has 2 unspecified atom stereocenters. The monoisotopic (exact) mass is 558 g/mol. The number of rotatable bonds is 7. The maximum Gasteiger partial charge on any atom is 0.404 e. The molecule has 41 heavy (non-hydrogen) atoms. The lowest BCUT2D eigenvalue weighted by molar-refractivity contribution is -0.135. The van der Waals surface area contributed by atoms with Gasteiger partial charge in [-0.15, -0.1) is 0 Å². The van der Waals surface area contributed by atoms with Crippen LogP contribution in [0.4, 0.5) is 4.79 Å². The number of piperidine rings is 1. The lowest BCUT2D eigenvalue weighted by Gasteiger charge is -2.52. The van der Waals surface area contributed by atoms with Crippen LogP contribution in [0.25, 0.3) is 11.0 Å². The lowest BCUT2D eigenvalue weighted by atomic mass is 9.53. The molecule has 216 valence electrons. The third-order valence-corrected chi connectivity index (χ3v) is 9.82. The second-order valence-corrected chi connectivity index (χ2v) is 12.4. The van der Waals surface area contributed by atoms with Gasteiger partial charge in [-0.1, -0.05) is 42.5 Å². The number of ether oxygens (including phenoxy) is 1. The summed E-state index contributed by atoms with van der Waals surface area (Å²) in [5.74, 6) is 0.140. The fraction of sp³-hybridized carbons (Fsp3) is 0.500. The SMILES string of the molecule is Cn1c(=O)n(C2CCC(=O)NC2=O)c2cccc(CC3CC4(CCC(C(Cc5ccccc5)OC(N)=O)CC4)C3)c21. The minimum absolute atomic E-state index is 0.199. The van der Waals surface area contributed by atoms with E-state index in [2.05, 4.69) is 23.5 Å². The number of hydrogen-bond acceptors (Lipinski definition) is 5. The van der Waals surface area contributed by atoms with Crippen LogP contribution in [0.2, 0.25) is 0 Å². The van der Waals surface area contributed by atoms with Crippen LogP contribution in [-0.2, 0) is 34.2 Å². The number of nitrogens with two attached hydrogens (primary N) is 1. The number of carbonyl (C=O) groups is 3. The molecule has 9 nitrogen and oxygen atoms in total. The molecule has 2 aliphatic carbocycles. The predicted molar refractivity (Wildman–Crippen MR) is 154 cm³/mol. The summed E-state index contributed by atoms with van der Waals surface area (Å²) in [5, 5.41) is 2.38. The van der Waals surface area contributed by atoms with E-state index >= 15 is 0 Å². The van der Waals surface area contributed by atoms with E-state index in [1.54, 1.807) is 16.2 Å². The maximum atomic E-state index is 13.3. The molecule has 1 spiro atoms. The Hall–Kier alpha value is -3.88. The van der Waals surface area contributed by atoms with Crippen LogP contribution in [-0.4, -0.2) is 33.1 Å². The molecule has 3 N–H and O–H groups in total. The minimum atomic E-state index is -0.704. The van der Waals surface area contributed by atoms with Crippen molar-refractivity contribution in [3.05, 3.63) is 70.1 Å². The number of amides is 3. The van der Waals surface area contributed by atoms with Gasteiger partial charge in [-0.05, 0) is 85.8 Å². The van der Waals surface area contributed by atoms with Crippen molar-refractivity contribution in [1.82, 2.24) is 14.5 Å². The normalized spacial score (nSPS) is 26.9. The number of primary amides is 1. The smallest absolute Gasteiger partial charge is 0.404 e. The first-order valence-corrected chi connectivity index (χ1v) is 14.8. The first-order valence-electron chi connectivity index (χ1n) is 14.8. The standard InChI is InChI=1S/C32H38N4O5/c1-35-28-23(8-5-9-24(28)36(31(35)40)25-10-11-27(37)34-29(25)38)16-21-18-32(19-21)14-12-22(13-15-32)26(41-30(33)39)17-20-6-3-2-4-7-20/h2-9,21-22,25-26H,10-19H2,1H3,(H2,33,39)(H,34,37,38). The Morgan fingerprint density at radius 3 is 2.46 bits per heavy atom. The molecule has 2 aromatic carbocycles. The van der Waals surface area contributed by atoms with Gasteiger partial charge in [-0.25, -0.2) is 9.59 Å². The van der Waals surface area contributed by atoms with Gasteiger partial charge in [0.2, 0.25) is 11.8 Å². The molecule has 0 bridgehead atoms. The second kappa shape index (κ2) is 10.8. The summed E-state index contributed by atoms with van der Waals surface area (Å²) in [4.78, 5) is 49.2. The maximum absolute atomic E-state index is 13.3. The first-order chi connectivity index (χ1) is 19.7. The van der Waals surface area contributed by atoms with Crippen LogP contribution in [0, 0.1) is 17.3 Å². The summed E-state index contributed by atoms with van der Waals surface area (Å²) in [6, 6.07) is 15.4. The Balaban J connectivity index is 1.12. The third-order valence-electron chi connectivity index (χ3n) is 9.82. The lowest BCUT2D eigenvalue weighted by Crippen LogP contribution is -2.44. The van der Waals surface area contributed by atoms with Crippen molar-refractivity contribution in [2.24, 2.45) is 30.0 Å². The van der Waals surface area contributed by atoms with Crippen LogP contribution in [0.5, 0.6) is 0 Å². The van der Waals surface area contributed by atoms with E-state index in [-0.39, 0.29) is 24.1 Å². The van der Waals surface area contributed by atoms with Crippen molar-refractivity contribution >= 4 is 28.9 Å². The highest BCUT2D eigenvalue weighted by Crippen LogP contribution is 2.57. The summed E-state index contributed by atoms with van der Waals surface area (Å²) in [6.07, 6.45) is 7.82. The Kier molecular flexibility index (Phi) is 7.21. The molecular weight excluding hydrogens is 520 g/mol. The molecule has 9 heteroatoms. The van der Waals surface area contributed by atoms with Crippen molar-refractivity contribution in [3.63, 3.8) is 0 Å². The largest absolute Gasteiger partial charge is 0.446 e. The average Bonchev–Trinajstić information content (AvgIpc) is 3.18. The number of imidazole rings is 1. The fourth-order valence-corrected chi connectivity index (χ4v) is 7.87. The number of imide groups is 1. The van der Waals surface area contributed by atoms with E-state index in [4.69, 9.17) is 10.5 Å². The number of fused-ring (bicyclic) bond motifs is 1. The van der Waals surface area contributed by atoms with Gasteiger partial charge in [-0.2, -0.15) is 0 Å². The van der Waals surface area contributed by atoms with Gasteiger partial charge in [0.25, 0.3) is 0 Å². The third kappa shape index (κ3) is 5.29. The van der Waals surface area contributed by atoms with E-state index in [1.165, 1.54) is 0 Å². The molecule has 1 aliphatic heterocycles. The molecule has 3 aliphatic rings. The first kappa shape index (κ1) is 27.3. The Morgan fingerprint density at radius 2 is 1.78 bits per heavy atom. The average molecular weight is 559 g/mol. The second-order valence-electron chi connectivity index (χ2n) is 12.4. The molecule has 0 radical (unpaired) electrons. The Bertz CT molecular complexity index is 1520. The quantitative estimate of drug-likeness (QED) is 0.422. The van der Waals surface area contributed by atoms with Crippen LogP contribution >= 0.6 is 0 Å². The van der Waals surface area contributed by atoms with Crippen LogP contribution < -0.4 is 16.7 Å². The summed E-state index contributed by atoms with van der Waals surface area (Å²) < 4.78 is 8.81. The molecule has 2 atom stereocenters. The topological polar surface area (TPSA) is 125 Å². The Morgan fingerprint density at radius 1 is 1.05 bits per heavy atom. The van der Waals surface area contributed by atoms with E-state index in [1.807, 2.05) is 30.3 Å². The van der Waals surface area contributed by atoms with Gasteiger partial charge in [0.15, 0.2) is 0 Å². The number of aromatic nitrogens is 2. The summed E-state index contributed by atoms with van der Waals surface area (Å²) in [5.41, 5.74) is 9.44. The minimum Gasteiger partial charge on any atom is -0.446 e. The van der Waals surface area contributed by atoms with E-state index in [9.17, 15) is 19.2 Å². The van der Waals surface area contributed by atoms with Crippen molar-refractivity contribution in [1.29, 1.82) is 0 Å². The highest BCUT2D eigenvalue weighted by Gasteiger charge is 2.47. The number of nitrogens with zero attached hydrogens (tertiary/aromatic N) is 2. The van der Waals surface area contributed by atoms with Gasteiger partial charge in [-0.3, -0.25) is 24.0 Å². The summed E-state index contributed by atoms with van der Waals surface area (Å²) >= 11 is 0. The van der Waals surface area contributed by atoms with Crippen LogP contribution in [0.15, 0.2) is 53.3 Å². The zero-order valence-corrected chi connectivity index (χ0v) is 23.5. The highest BCUT2D eigenvalue weighted by atomic mass is 16.6. The number of hydrogen-bond donors (Lipinski definition) is 2.